The molecule has 7 heteroatoms. The summed E-state index contributed by atoms with van der Waals surface area (Å²) in [6.07, 6.45) is 0.861. The standard InChI is InChI=1S/C18H20BrN3O3/c1-3-12(2)21-18(23)14-6-4-5-13(9-14)11-20-16-8-7-15(19)10-17(16)22(24)25/h4-10,12,20H,3,11H2,1-2H3,(H,21,23). The van der Waals surface area contributed by atoms with Crippen molar-refractivity contribution in [2.24, 2.45) is 0 Å². The molecule has 2 rings (SSSR count). The summed E-state index contributed by atoms with van der Waals surface area (Å²) in [5.74, 6) is -0.120. The van der Waals surface area contributed by atoms with Crippen LogP contribution in [0.5, 0.6) is 0 Å². The summed E-state index contributed by atoms with van der Waals surface area (Å²) in [6.45, 7) is 4.35. The number of hydrogen-bond acceptors (Lipinski definition) is 4. The zero-order valence-electron chi connectivity index (χ0n) is 14.1. The summed E-state index contributed by atoms with van der Waals surface area (Å²) < 4.78 is 0.647. The third-order valence-corrected chi connectivity index (χ3v) is 4.31. The summed E-state index contributed by atoms with van der Waals surface area (Å²) in [6, 6.07) is 12.2. The van der Waals surface area contributed by atoms with E-state index in [9.17, 15) is 14.9 Å². The van der Waals surface area contributed by atoms with Crippen LogP contribution in [0.25, 0.3) is 0 Å². The number of carbonyl (C=O) groups is 1. The van der Waals surface area contributed by atoms with Gasteiger partial charge >= 0.3 is 0 Å². The number of nitrogens with one attached hydrogen (secondary N) is 2. The molecule has 2 aromatic carbocycles. The Labute approximate surface area is 154 Å². The van der Waals surface area contributed by atoms with Gasteiger partial charge < -0.3 is 10.6 Å². The van der Waals surface area contributed by atoms with E-state index in [0.717, 1.165) is 12.0 Å². The molecule has 1 amide bonds. The van der Waals surface area contributed by atoms with E-state index in [4.69, 9.17) is 0 Å². The van der Waals surface area contributed by atoms with Crippen molar-refractivity contribution in [3.8, 4) is 0 Å². The van der Waals surface area contributed by atoms with Gasteiger partial charge in [0, 0.05) is 28.7 Å². The maximum absolute atomic E-state index is 12.2. The van der Waals surface area contributed by atoms with Gasteiger partial charge in [-0.1, -0.05) is 35.0 Å². The van der Waals surface area contributed by atoms with E-state index >= 15 is 0 Å². The van der Waals surface area contributed by atoms with E-state index in [1.165, 1.54) is 6.07 Å². The number of amides is 1. The van der Waals surface area contributed by atoms with E-state index in [1.54, 1.807) is 30.3 Å². The van der Waals surface area contributed by atoms with Crippen molar-refractivity contribution in [2.75, 3.05) is 5.32 Å². The molecule has 6 nitrogen and oxygen atoms in total. The average Bonchev–Trinajstić information content (AvgIpc) is 2.60. The lowest BCUT2D eigenvalue weighted by Crippen LogP contribution is -2.31. The molecular formula is C18H20BrN3O3. The first-order valence-electron chi connectivity index (χ1n) is 7.98. The van der Waals surface area contributed by atoms with E-state index in [0.29, 0.717) is 22.3 Å². The number of nitrogens with zero attached hydrogens (tertiary/aromatic N) is 1. The van der Waals surface area contributed by atoms with Gasteiger partial charge in [-0.3, -0.25) is 14.9 Å². The maximum Gasteiger partial charge on any atom is 0.293 e. The number of hydrogen-bond donors (Lipinski definition) is 2. The highest BCUT2D eigenvalue weighted by Crippen LogP contribution is 2.28. The largest absolute Gasteiger partial charge is 0.375 e. The van der Waals surface area contributed by atoms with E-state index in [-0.39, 0.29) is 17.6 Å². The summed E-state index contributed by atoms with van der Waals surface area (Å²) in [7, 11) is 0. The van der Waals surface area contributed by atoms with Gasteiger partial charge in [0.15, 0.2) is 0 Å². The Balaban J connectivity index is 2.11. The number of rotatable bonds is 7. The number of nitro benzene ring substituents is 1. The molecule has 25 heavy (non-hydrogen) atoms. The molecule has 0 fully saturated rings. The fraction of sp³-hybridized carbons (Fsp3) is 0.278. The molecule has 2 aromatic rings. The molecule has 0 spiro atoms. The first kappa shape index (κ1) is 18.9. The molecule has 0 aliphatic carbocycles. The Morgan fingerprint density at radius 2 is 2.04 bits per heavy atom. The monoisotopic (exact) mass is 405 g/mol. The molecule has 2 N–H and O–H groups in total. The fourth-order valence-electron chi connectivity index (χ4n) is 2.23. The Morgan fingerprint density at radius 3 is 2.72 bits per heavy atom. The van der Waals surface area contributed by atoms with Crippen molar-refractivity contribution in [1.82, 2.24) is 5.32 Å². The third-order valence-electron chi connectivity index (χ3n) is 3.82. The molecule has 1 unspecified atom stereocenters. The number of anilines is 1. The summed E-state index contributed by atoms with van der Waals surface area (Å²) in [4.78, 5) is 22.9. The minimum absolute atomic E-state index is 0.0000400. The minimum Gasteiger partial charge on any atom is -0.375 e. The van der Waals surface area contributed by atoms with Crippen LogP contribution in [0, 0.1) is 10.1 Å². The normalized spacial score (nSPS) is 11.6. The second kappa shape index (κ2) is 8.62. The second-order valence-corrected chi connectivity index (χ2v) is 6.67. The molecule has 132 valence electrons. The Hall–Kier alpha value is -2.41. The Bertz CT molecular complexity index is 780. The molecule has 0 aliphatic rings. The summed E-state index contributed by atoms with van der Waals surface area (Å²) in [5, 5.41) is 17.1. The Kier molecular flexibility index (Phi) is 6.52. The molecule has 1 atom stereocenters. The van der Waals surface area contributed by atoms with Crippen LogP contribution >= 0.6 is 15.9 Å². The SMILES string of the molecule is CCC(C)NC(=O)c1cccc(CNc2ccc(Br)cc2[N+](=O)[O-])c1. The first-order chi connectivity index (χ1) is 11.9. The summed E-state index contributed by atoms with van der Waals surface area (Å²) >= 11 is 3.23. The van der Waals surface area contributed by atoms with Crippen LogP contribution < -0.4 is 10.6 Å². The lowest BCUT2D eigenvalue weighted by Gasteiger charge is -2.12. The van der Waals surface area contributed by atoms with Gasteiger partial charge in [0.1, 0.15) is 5.69 Å². The number of benzene rings is 2. The molecule has 0 saturated carbocycles. The fourth-order valence-corrected chi connectivity index (χ4v) is 2.58. The molecule has 0 radical (unpaired) electrons. The van der Waals surface area contributed by atoms with E-state index < -0.39 is 4.92 Å². The van der Waals surface area contributed by atoms with Crippen molar-refractivity contribution in [2.45, 2.75) is 32.9 Å². The molecule has 0 heterocycles. The van der Waals surface area contributed by atoms with Crippen LogP contribution in [-0.4, -0.2) is 16.9 Å². The van der Waals surface area contributed by atoms with E-state index in [2.05, 4.69) is 26.6 Å². The number of nitro groups is 1. The van der Waals surface area contributed by atoms with Crippen LogP contribution in [0.15, 0.2) is 46.9 Å². The minimum atomic E-state index is -0.427. The summed E-state index contributed by atoms with van der Waals surface area (Å²) in [5.41, 5.74) is 1.88. The smallest absolute Gasteiger partial charge is 0.293 e. The Morgan fingerprint density at radius 1 is 1.28 bits per heavy atom. The van der Waals surface area contributed by atoms with Crippen molar-refractivity contribution in [1.29, 1.82) is 0 Å². The molecular weight excluding hydrogens is 386 g/mol. The van der Waals surface area contributed by atoms with Gasteiger partial charge in [-0.05, 0) is 43.2 Å². The van der Waals surface area contributed by atoms with Gasteiger partial charge in [-0.2, -0.15) is 0 Å². The zero-order valence-corrected chi connectivity index (χ0v) is 15.7. The van der Waals surface area contributed by atoms with Gasteiger partial charge in [0.05, 0.1) is 4.92 Å². The van der Waals surface area contributed by atoms with Crippen LogP contribution in [0.3, 0.4) is 0 Å². The van der Waals surface area contributed by atoms with Crippen LogP contribution in [0.1, 0.15) is 36.2 Å². The average molecular weight is 406 g/mol. The maximum atomic E-state index is 12.2. The van der Waals surface area contributed by atoms with Crippen LogP contribution in [-0.2, 0) is 6.54 Å². The predicted octanol–water partition coefficient (Wildman–Crippen LogP) is 4.50. The third kappa shape index (κ3) is 5.29. The number of halogens is 1. The molecule has 0 aliphatic heterocycles. The molecule has 0 bridgehead atoms. The highest BCUT2D eigenvalue weighted by atomic mass is 79.9. The van der Waals surface area contributed by atoms with E-state index in [1.807, 2.05) is 19.9 Å². The molecule has 0 aromatic heterocycles. The van der Waals surface area contributed by atoms with Gasteiger partial charge in [-0.15, -0.1) is 0 Å². The van der Waals surface area contributed by atoms with Crippen LogP contribution in [0.4, 0.5) is 11.4 Å². The predicted molar refractivity (Wildman–Crippen MR) is 102 cm³/mol. The second-order valence-electron chi connectivity index (χ2n) is 5.76. The van der Waals surface area contributed by atoms with Gasteiger partial charge in [0.25, 0.3) is 11.6 Å². The quantitative estimate of drug-likeness (QED) is 0.524. The lowest BCUT2D eigenvalue weighted by molar-refractivity contribution is -0.384. The lowest BCUT2D eigenvalue weighted by atomic mass is 10.1. The first-order valence-corrected chi connectivity index (χ1v) is 8.77. The van der Waals surface area contributed by atoms with Crippen molar-refractivity contribution < 1.29 is 9.72 Å². The zero-order chi connectivity index (χ0) is 18.4. The van der Waals surface area contributed by atoms with Crippen molar-refractivity contribution in [3.05, 3.63) is 68.2 Å². The molecule has 0 saturated heterocycles. The number of carbonyl (C=O) groups excluding carboxylic acids is 1. The van der Waals surface area contributed by atoms with Crippen molar-refractivity contribution in [3.63, 3.8) is 0 Å². The van der Waals surface area contributed by atoms with Gasteiger partial charge in [0.2, 0.25) is 0 Å². The highest BCUT2D eigenvalue weighted by molar-refractivity contribution is 9.10. The topological polar surface area (TPSA) is 84.3 Å². The van der Waals surface area contributed by atoms with Crippen LogP contribution in [0.2, 0.25) is 0 Å². The highest BCUT2D eigenvalue weighted by Gasteiger charge is 2.14. The van der Waals surface area contributed by atoms with Crippen molar-refractivity contribution >= 4 is 33.2 Å². The van der Waals surface area contributed by atoms with Gasteiger partial charge in [-0.25, -0.2) is 0 Å².